The Kier molecular flexibility index (Phi) is 4.34. The highest BCUT2D eigenvalue weighted by Crippen LogP contribution is 2.23. The molecule has 20 heavy (non-hydrogen) atoms. The first-order chi connectivity index (χ1) is 9.50. The van der Waals surface area contributed by atoms with Gasteiger partial charge in [0.1, 0.15) is 18.0 Å². The van der Waals surface area contributed by atoms with E-state index in [0.717, 1.165) is 5.82 Å². The summed E-state index contributed by atoms with van der Waals surface area (Å²) in [5.74, 6) is -0.420. The second-order valence-corrected chi connectivity index (χ2v) is 4.74. The maximum atomic E-state index is 13.7. The normalized spacial score (nSPS) is 10.6. The minimum atomic E-state index is -0.628. The molecule has 0 aliphatic rings. The highest BCUT2D eigenvalue weighted by molar-refractivity contribution is 6.34. The van der Waals surface area contributed by atoms with Gasteiger partial charge in [0.15, 0.2) is 0 Å². The average Bonchev–Trinajstić information content (AvgIpc) is 2.80. The van der Waals surface area contributed by atoms with E-state index in [1.807, 2.05) is 0 Å². The third-order valence-corrected chi connectivity index (χ3v) is 3.44. The van der Waals surface area contributed by atoms with E-state index in [-0.39, 0.29) is 10.6 Å². The van der Waals surface area contributed by atoms with Crippen LogP contribution in [0.1, 0.15) is 21.7 Å². The molecule has 0 aliphatic carbocycles. The number of nitrogens with one attached hydrogen (secondary N) is 1. The van der Waals surface area contributed by atoms with Gasteiger partial charge in [-0.3, -0.25) is 9.48 Å². The minimum Gasteiger partial charge on any atom is -0.351 e. The van der Waals surface area contributed by atoms with E-state index in [4.69, 9.17) is 11.6 Å². The summed E-state index contributed by atoms with van der Waals surface area (Å²) in [5, 5.41) is 6.69. The van der Waals surface area contributed by atoms with E-state index in [0.29, 0.717) is 18.5 Å². The Hall–Kier alpha value is -1.95. The van der Waals surface area contributed by atoms with Crippen molar-refractivity contribution < 1.29 is 9.18 Å². The van der Waals surface area contributed by atoms with E-state index in [1.165, 1.54) is 18.5 Å². The molecule has 2 rings (SSSR count). The fourth-order valence-electron chi connectivity index (χ4n) is 1.79. The summed E-state index contributed by atoms with van der Waals surface area (Å²) in [6, 6.07) is 2.77. The van der Waals surface area contributed by atoms with Crippen LogP contribution in [0.4, 0.5) is 4.39 Å². The quantitative estimate of drug-likeness (QED) is 0.937. The maximum Gasteiger partial charge on any atom is 0.255 e. The molecule has 0 atom stereocenters. The molecule has 2 aromatic rings. The number of aryl methyl sites for hydroxylation is 2. The van der Waals surface area contributed by atoms with Gasteiger partial charge in [-0.05, 0) is 18.6 Å². The zero-order chi connectivity index (χ0) is 14.7. The lowest BCUT2D eigenvalue weighted by Gasteiger charge is -2.09. The summed E-state index contributed by atoms with van der Waals surface area (Å²) in [4.78, 5) is 16.0. The molecule has 106 valence electrons. The van der Waals surface area contributed by atoms with Gasteiger partial charge in [0, 0.05) is 20.0 Å². The molecule has 1 aromatic carbocycles. The predicted molar refractivity (Wildman–Crippen MR) is 73.2 cm³/mol. The van der Waals surface area contributed by atoms with Crippen molar-refractivity contribution in [3.05, 3.63) is 46.3 Å². The van der Waals surface area contributed by atoms with Crippen LogP contribution < -0.4 is 5.32 Å². The molecule has 1 aromatic heterocycles. The fourth-order valence-corrected chi connectivity index (χ4v) is 2.03. The van der Waals surface area contributed by atoms with Crippen LogP contribution in [0.5, 0.6) is 0 Å². The smallest absolute Gasteiger partial charge is 0.255 e. The van der Waals surface area contributed by atoms with Gasteiger partial charge in [-0.15, -0.1) is 0 Å². The summed E-state index contributed by atoms with van der Waals surface area (Å²) in [6.45, 7) is 2.05. The number of rotatable bonds is 4. The molecular weight excluding hydrogens is 283 g/mol. The lowest BCUT2D eigenvalue weighted by Crippen LogP contribution is -2.27. The Labute approximate surface area is 120 Å². The Morgan fingerprint density at radius 3 is 2.90 bits per heavy atom. The van der Waals surface area contributed by atoms with E-state index in [2.05, 4.69) is 15.4 Å². The van der Waals surface area contributed by atoms with Crippen LogP contribution in [-0.4, -0.2) is 27.2 Å². The first-order valence-corrected chi connectivity index (χ1v) is 6.44. The summed E-state index contributed by atoms with van der Waals surface area (Å²) in [5.41, 5.74) is 0.538. The molecule has 1 amide bonds. The van der Waals surface area contributed by atoms with Crippen molar-refractivity contribution in [2.45, 2.75) is 13.3 Å². The van der Waals surface area contributed by atoms with E-state index >= 15 is 0 Å². The van der Waals surface area contributed by atoms with Crippen molar-refractivity contribution in [1.82, 2.24) is 20.1 Å². The number of amides is 1. The summed E-state index contributed by atoms with van der Waals surface area (Å²) < 4.78 is 15.3. The summed E-state index contributed by atoms with van der Waals surface area (Å²) in [6.07, 6.45) is 1.95. The minimum absolute atomic E-state index is 0.121. The molecule has 0 bridgehead atoms. The monoisotopic (exact) mass is 296 g/mol. The molecule has 0 unspecified atom stereocenters. The lowest BCUT2D eigenvalue weighted by atomic mass is 10.1. The van der Waals surface area contributed by atoms with Gasteiger partial charge in [-0.2, -0.15) is 5.10 Å². The van der Waals surface area contributed by atoms with Crippen molar-refractivity contribution in [1.29, 1.82) is 0 Å². The second-order valence-electron chi connectivity index (χ2n) is 4.36. The van der Waals surface area contributed by atoms with Crippen LogP contribution in [0.25, 0.3) is 0 Å². The zero-order valence-corrected chi connectivity index (χ0v) is 11.9. The number of hydrogen-bond acceptors (Lipinski definition) is 3. The fraction of sp³-hybridized carbons (Fsp3) is 0.308. The van der Waals surface area contributed by atoms with Gasteiger partial charge < -0.3 is 5.32 Å². The number of carbonyl (C=O) groups is 1. The molecule has 0 radical (unpaired) electrons. The third-order valence-electron chi connectivity index (χ3n) is 2.95. The van der Waals surface area contributed by atoms with Crippen LogP contribution in [0.3, 0.4) is 0 Å². The largest absolute Gasteiger partial charge is 0.351 e. The van der Waals surface area contributed by atoms with Gasteiger partial charge in [0.2, 0.25) is 0 Å². The van der Waals surface area contributed by atoms with E-state index < -0.39 is 11.7 Å². The van der Waals surface area contributed by atoms with Crippen molar-refractivity contribution in [3.63, 3.8) is 0 Å². The molecule has 5 nitrogen and oxygen atoms in total. The van der Waals surface area contributed by atoms with Crippen molar-refractivity contribution in [2.24, 2.45) is 7.05 Å². The third kappa shape index (κ3) is 2.96. The van der Waals surface area contributed by atoms with E-state index in [1.54, 1.807) is 18.7 Å². The van der Waals surface area contributed by atoms with Gasteiger partial charge >= 0.3 is 0 Å². The molecule has 1 N–H and O–H groups in total. The van der Waals surface area contributed by atoms with Crippen molar-refractivity contribution in [2.75, 3.05) is 6.54 Å². The number of carbonyl (C=O) groups excluding carboxylic acids is 1. The van der Waals surface area contributed by atoms with Crippen LogP contribution in [0, 0.1) is 12.7 Å². The zero-order valence-electron chi connectivity index (χ0n) is 11.2. The first-order valence-electron chi connectivity index (χ1n) is 6.06. The molecule has 1 heterocycles. The first kappa shape index (κ1) is 14.5. The summed E-state index contributed by atoms with van der Waals surface area (Å²) >= 11 is 5.97. The summed E-state index contributed by atoms with van der Waals surface area (Å²) in [7, 11) is 1.77. The maximum absolute atomic E-state index is 13.7. The SMILES string of the molecule is Cc1ccc(F)c(C(=O)NCCc2ncnn2C)c1Cl. The molecule has 0 aliphatic heterocycles. The standard InChI is InChI=1S/C13H14ClFN4O/c1-8-3-4-9(15)11(12(8)14)13(20)16-6-5-10-17-7-18-19(10)2/h3-4,7H,5-6H2,1-2H3,(H,16,20). The number of halogens is 2. The highest BCUT2D eigenvalue weighted by atomic mass is 35.5. The molecule has 7 heteroatoms. The molecular formula is C13H14ClFN4O. The number of aromatic nitrogens is 3. The Morgan fingerprint density at radius 2 is 2.25 bits per heavy atom. The van der Waals surface area contributed by atoms with Gasteiger partial charge in [0.25, 0.3) is 5.91 Å². The van der Waals surface area contributed by atoms with E-state index in [9.17, 15) is 9.18 Å². The van der Waals surface area contributed by atoms with Crippen LogP contribution >= 0.6 is 11.6 Å². The number of benzene rings is 1. The van der Waals surface area contributed by atoms with Gasteiger partial charge in [0.05, 0.1) is 10.6 Å². The highest BCUT2D eigenvalue weighted by Gasteiger charge is 2.17. The Bertz CT molecular complexity index is 641. The second kappa shape index (κ2) is 6.00. The number of hydrogen-bond donors (Lipinski definition) is 1. The Morgan fingerprint density at radius 1 is 1.50 bits per heavy atom. The van der Waals surface area contributed by atoms with Crippen molar-refractivity contribution in [3.8, 4) is 0 Å². The number of nitrogens with zero attached hydrogens (tertiary/aromatic N) is 3. The van der Waals surface area contributed by atoms with Crippen LogP contribution in [0.2, 0.25) is 5.02 Å². The predicted octanol–water partition coefficient (Wildman–Crippen LogP) is 1.89. The molecule has 0 fully saturated rings. The van der Waals surface area contributed by atoms with Crippen LogP contribution in [0.15, 0.2) is 18.5 Å². The lowest BCUT2D eigenvalue weighted by molar-refractivity contribution is 0.0950. The molecule has 0 spiro atoms. The van der Waals surface area contributed by atoms with Crippen LogP contribution in [-0.2, 0) is 13.5 Å². The Balaban J connectivity index is 2.03. The van der Waals surface area contributed by atoms with Crippen molar-refractivity contribution >= 4 is 17.5 Å². The van der Waals surface area contributed by atoms with Gasteiger partial charge in [-0.25, -0.2) is 9.37 Å². The molecule has 0 saturated heterocycles. The average molecular weight is 297 g/mol. The topological polar surface area (TPSA) is 59.8 Å². The van der Waals surface area contributed by atoms with Gasteiger partial charge in [-0.1, -0.05) is 17.7 Å². The molecule has 0 saturated carbocycles.